The molecule has 4 heteroatoms. The summed E-state index contributed by atoms with van der Waals surface area (Å²) in [6, 6.07) is 10.3. The second-order valence-electron chi connectivity index (χ2n) is 4.98. The average Bonchev–Trinajstić information content (AvgIpc) is 2.91. The summed E-state index contributed by atoms with van der Waals surface area (Å²) in [5.74, 6) is 0. The van der Waals surface area contributed by atoms with E-state index in [1.807, 2.05) is 18.2 Å². The lowest BCUT2D eigenvalue weighted by molar-refractivity contribution is -0.122. The van der Waals surface area contributed by atoms with Crippen LogP contribution in [0.5, 0.6) is 0 Å². The first kappa shape index (κ1) is 13.6. The van der Waals surface area contributed by atoms with E-state index < -0.39 is 0 Å². The summed E-state index contributed by atoms with van der Waals surface area (Å²) in [4.78, 5) is 25.6. The number of nitrogens with zero attached hydrogens (tertiary/aromatic N) is 2. The van der Waals surface area contributed by atoms with Gasteiger partial charge in [-0.15, -0.1) is 0 Å². The summed E-state index contributed by atoms with van der Waals surface area (Å²) in [6.07, 6.45) is 4.68. The number of benzene rings is 1. The SMILES string of the molecule is O=CN(CCc1ccccc1)CC1CCCN1C=O. The molecule has 0 spiro atoms. The first-order valence-electron chi connectivity index (χ1n) is 6.78. The Morgan fingerprint density at radius 2 is 2.05 bits per heavy atom. The van der Waals surface area contributed by atoms with Crippen molar-refractivity contribution < 1.29 is 9.59 Å². The van der Waals surface area contributed by atoms with Gasteiger partial charge in [-0.3, -0.25) is 9.59 Å². The molecule has 0 bridgehead atoms. The summed E-state index contributed by atoms with van der Waals surface area (Å²) in [7, 11) is 0. The molecule has 0 radical (unpaired) electrons. The van der Waals surface area contributed by atoms with Crippen molar-refractivity contribution in [3.63, 3.8) is 0 Å². The second kappa shape index (κ2) is 6.92. The third-order valence-electron chi connectivity index (χ3n) is 3.68. The maximum absolute atomic E-state index is 11.1. The van der Waals surface area contributed by atoms with Crippen LogP contribution in [0.4, 0.5) is 0 Å². The molecule has 1 fully saturated rings. The van der Waals surface area contributed by atoms with Gasteiger partial charge in [-0.25, -0.2) is 0 Å². The minimum absolute atomic E-state index is 0.193. The molecule has 4 nitrogen and oxygen atoms in total. The van der Waals surface area contributed by atoms with Crippen molar-refractivity contribution in [2.45, 2.75) is 25.3 Å². The van der Waals surface area contributed by atoms with Gasteiger partial charge in [-0.2, -0.15) is 0 Å². The highest BCUT2D eigenvalue weighted by atomic mass is 16.1. The van der Waals surface area contributed by atoms with Crippen molar-refractivity contribution in [3.05, 3.63) is 35.9 Å². The third-order valence-corrected chi connectivity index (χ3v) is 3.68. The zero-order valence-corrected chi connectivity index (χ0v) is 11.1. The lowest BCUT2D eigenvalue weighted by Crippen LogP contribution is -2.40. The third kappa shape index (κ3) is 3.81. The number of hydrogen-bond donors (Lipinski definition) is 0. The molecule has 1 aromatic rings. The van der Waals surface area contributed by atoms with Gasteiger partial charge >= 0.3 is 0 Å². The van der Waals surface area contributed by atoms with Crippen molar-refractivity contribution >= 4 is 12.8 Å². The molecular formula is C15H20N2O2. The standard InChI is InChI=1S/C15H20N2O2/c18-12-16(10-8-14-5-2-1-3-6-14)11-15-7-4-9-17(15)13-19/h1-3,5-6,12-13,15H,4,7-11H2. The van der Waals surface area contributed by atoms with Gasteiger partial charge in [0.15, 0.2) is 0 Å². The molecule has 1 aromatic carbocycles. The highest BCUT2D eigenvalue weighted by Gasteiger charge is 2.24. The molecule has 102 valence electrons. The van der Waals surface area contributed by atoms with Crippen molar-refractivity contribution in [3.8, 4) is 0 Å². The Morgan fingerprint density at radius 3 is 2.74 bits per heavy atom. The molecule has 1 aliphatic rings. The van der Waals surface area contributed by atoms with Crippen molar-refractivity contribution in [2.24, 2.45) is 0 Å². The molecule has 2 rings (SSSR count). The van der Waals surface area contributed by atoms with E-state index in [-0.39, 0.29) is 6.04 Å². The fourth-order valence-electron chi connectivity index (χ4n) is 2.57. The van der Waals surface area contributed by atoms with Gasteiger partial charge in [0, 0.05) is 25.7 Å². The highest BCUT2D eigenvalue weighted by Crippen LogP contribution is 2.16. The Kier molecular flexibility index (Phi) is 4.95. The number of carbonyl (C=O) groups is 2. The maximum Gasteiger partial charge on any atom is 0.210 e. The molecule has 0 saturated carbocycles. The van der Waals surface area contributed by atoms with Crippen molar-refractivity contribution in [2.75, 3.05) is 19.6 Å². The van der Waals surface area contributed by atoms with Crippen molar-refractivity contribution in [1.82, 2.24) is 9.80 Å². The first-order valence-corrected chi connectivity index (χ1v) is 6.78. The molecule has 0 aliphatic carbocycles. The first-order chi connectivity index (χ1) is 9.33. The zero-order valence-electron chi connectivity index (χ0n) is 11.1. The molecular weight excluding hydrogens is 240 g/mol. The Morgan fingerprint density at radius 1 is 1.26 bits per heavy atom. The highest BCUT2D eigenvalue weighted by molar-refractivity contribution is 5.50. The minimum Gasteiger partial charge on any atom is -0.343 e. The van der Waals surface area contributed by atoms with Crippen LogP contribution in [0.1, 0.15) is 18.4 Å². The monoisotopic (exact) mass is 260 g/mol. The second-order valence-corrected chi connectivity index (χ2v) is 4.98. The average molecular weight is 260 g/mol. The van der Waals surface area contributed by atoms with E-state index in [0.29, 0.717) is 13.1 Å². The van der Waals surface area contributed by atoms with Gasteiger partial charge in [0.05, 0.1) is 0 Å². The molecule has 19 heavy (non-hydrogen) atoms. The molecule has 1 saturated heterocycles. The number of rotatable bonds is 7. The fraction of sp³-hybridized carbons (Fsp3) is 0.467. The lowest BCUT2D eigenvalue weighted by atomic mass is 10.1. The molecule has 0 aromatic heterocycles. The summed E-state index contributed by atoms with van der Waals surface area (Å²) >= 11 is 0. The smallest absolute Gasteiger partial charge is 0.210 e. The zero-order chi connectivity index (χ0) is 13.5. The van der Waals surface area contributed by atoms with Gasteiger partial charge in [0.1, 0.15) is 0 Å². The summed E-state index contributed by atoms with van der Waals surface area (Å²) in [5.41, 5.74) is 1.23. The van der Waals surface area contributed by atoms with E-state index in [0.717, 1.165) is 38.6 Å². The number of likely N-dealkylation sites (tertiary alicyclic amines) is 1. The fourth-order valence-corrected chi connectivity index (χ4v) is 2.57. The van der Waals surface area contributed by atoms with Gasteiger partial charge in [-0.05, 0) is 24.8 Å². The van der Waals surface area contributed by atoms with Crippen LogP contribution in [0.25, 0.3) is 0 Å². The lowest BCUT2D eigenvalue weighted by Gasteiger charge is -2.26. The van der Waals surface area contributed by atoms with E-state index in [9.17, 15) is 9.59 Å². The van der Waals surface area contributed by atoms with Crippen LogP contribution < -0.4 is 0 Å². The molecule has 1 unspecified atom stereocenters. The molecule has 2 amide bonds. The largest absolute Gasteiger partial charge is 0.343 e. The van der Waals surface area contributed by atoms with Gasteiger partial charge in [0.2, 0.25) is 12.8 Å². The van der Waals surface area contributed by atoms with E-state index in [1.165, 1.54) is 5.56 Å². The number of carbonyl (C=O) groups excluding carboxylic acids is 2. The van der Waals surface area contributed by atoms with Crippen LogP contribution in [0.3, 0.4) is 0 Å². The summed E-state index contributed by atoms with van der Waals surface area (Å²) < 4.78 is 0. The van der Waals surface area contributed by atoms with Crippen LogP contribution in [0.2, 0.25) is 0 Å². The maximum atomic E-state index is 11.1. The quantitative estimate of drug-likeness (QED) is 0.694. The Bertz CT molecular complexity index is 408. The van der Waals surface area contributed by atoms with Crippen LogP contribution in [-0.2, 0) is 16.0 Å². The topological polar surface area (TPSA) is 40.6 Å². The van der Waals surface area contributed by atoms with E-state index in [1.54, 1.807) is 9.80 Å². The Labute approximate surface area is 114 Å². The van der Waals surface area contributed by atoms with Gasteiger partial charge < -0.3 is 9.80 Å². The number of amides is 2. The van der Waals surface area contributed by atoms with Gasteiger partial charge in [0.25, 0.3) is 0 Å². The summed E-state index contributed by atoms with van der Waals surface area (Å²) in [6.45, 7) is 2.17. The molecule has 0 N–H and O–H groups in total. The van der Waals surface area contributed by atoms with E-state index in [2.05, 4.69) is 12.1 Å². The minimum atomic E-state index is 0.193. The summed E-state index contributed by atoms with van der Waals surface area (Å²) in [5, 5.41) is 0. The normalized spacial score (nSPS) is 18.3. The van der Waals surface area contributed by atoms with E-state index >= 15 is 0 Å². The molecule has 1 atom stereocenters. The predicted octanol–water partition coefficient (Wildman–Crippen LogP) is 1.31. The van der Waals surface area contributed by atoms with Crippen LogP contribution in [0.15, 0.2) is 30.3 Å². The Balaban J connectivity index is 1.83. The molecule has 1 aliphatic heterocycles. The Hall–Kier alpha value is -1.84. The van der Waals surface area contributed by atoms with E-state index in [4.69, 9.17) is 0 Å². The number of hydrogen-bond acceptors (Lipinski definition) is 2. The predicted molar refractivity (Wildman–Crippen MR) is 73.6 cm³/mol. The van der Waals surface area contributed by atoms with Gasteiger partial charge in [-0.1, -0.05) is 30.3 Å². The van der Waals surface area contributed by atoms with Crippen LogP contribution >= 0.6 is 0 Å². The molecule has 1 heterocycles. The van der Waals surface area contributed by atoms with Crippen LogP contribution in [0, 0.1) is 0 Å². The van der Waals surface area contributed by atoms with Crippen molar-refractivity contribution in [1.29, 1.82) is 0 Å². The van der Waals surface area contributed by atoms with Crippen LogP contribution in [-0.4, -0.2) is 48.3 Å².